The van der Waals surface area contributed by atoms with E-state index in [-0.39, 0.29) is 12.5 Å². The smallest absolute Gasteiger partial charge is 0.239 e. The molecule has 0 saturated carbocycles. The third-order valence-electron chi connectivity index (χ3n) is 3.72. The molecule has 0 atom stereocenters. The predicted molar refractivity (Wildman–Crippen MR) is 95.1 cm³/mol. The molecule has 0 unspecified atom stereocenters. The predicted octanol–water partition coefficient (Wildman–Crippen LogP) is 2.97. The van der Waals surface area contributed by atoms with Gasteiger partial charge in [-0.15, -0.1) is 0 Å². The number of anilines is 1. The number of benzene rings is 2. The minimum atomic E-state index is -0.0706. The van der Waals surface area contributed by atoms with E-state index in [1.807, 2.05) is 54.6 Å². The van der Waals surface area contributed by atoms with Crippen LogP contribution in [0.5, 0.6) is 5.75 Å². The lowest BCUT2D eigenvalue weighted by molar-refractivity contribution is -0.119. The first-order valence-electron chi connectivity index (χ1n) is 7.73. The molecular weight excluding hydrogens is 302 g/mol. The number of carbonyl (C=O) groups is 1. The van der Waals surface area contributed by atoms with Gasteiger partial charge in [-0.3, -0.25) is 9.78 Å². The zero-order valence-electron chi connectivity index (χ0n) is 13.5. The van der Waals surface area contributed by atoms with Crippen molar-refractivity contribution in [2.24, 2.45) is 0 Å². The number of methoxy groups -OCH3 is 1. The number of ether oxygens (including phenoxy) is 1. The van der Waals surface area contributed by atoms with Gasteiger partial charge in [0.2, 0.25) is 5.91 Å². The van der Waals surface area contributed by atoms with Gasteiger partial charge in [-0.1, -0.05) is 30.3 Å². The van der Waals surface area contributed by atoms with Crippen molar-refractivity contribution < 1.29 is 9.53 Å². The van der Waals surface area contributed by atoms with Crippen molar-refractivity contribution >= 4 is 22.5 Å². The molecule has 5 heteroatoms. The Hall–Kier alpha value is -3.08. The van der Waals surface area contributed by atoms with Gasteiger partial charge in [-0.05, 0) is 29.8 Å². The van der Waals surface area contributed by atoms with Crippen molar-refractivity contribution in [3.05, 3.63) is 66.4 Å². The van der Waals surface area contributed by atoms with Gasteiger partial charge in [0.15, 0.2) is 0 Å². The molecule has 0 fully saturated rings. The Labute approximate surface area is 140 Å². The lowest BCUT2D eigenvalue weighted by Crippen LogP contribution is -2.29. The van der Waals surface area contributed by atoms with Crippen LogP contribution in [0.25, 0.3) is 10.9 Å². The Balaban J connectivity index is 1.55. The van der Waals surface area contributed by atoms with Gasteiger partial charge in [0.1, 0.15) is 5.75 Å². The maximum Gasteiger partial charge on any atom is 0.239 e. The average molecular weight is 321 g/mol. The third kappa shape index (κ3) is 3.81. The molecule has 0 radical (unpaired) electrons. The number of rotatable bonds is 6. The molecule has 1 aromatic heterocycles. The first-order chi connectivity index (χ1) is 11.8. The number of fused-ring (bicyclic) bond motifs is 1. The number of amides is 1. The second kappa shape index (κ2) is 7.46. The Bertz CT molecular complexity index is 826. The van der Waals surface area contributed by atoms with Crippen LogP contribution >= 0.6 is 0 Å². The van der Waals surface area contributed by atoms with Crippen molar-refractivity contribution in [1.82, 2.24) is 10.3 Å². The summed E-state index contributed by atoms with van der Waals surface area (Å²) in [6.45, 7) is 0.685. The summed E-state index contributed by atoms with van der Waals surface area (Å²) in [6, 6.07) is 17.4. The molecular formula is C19H19N3O2. The van der Waals surface area contributed by atoms with E-state index in [1.54, 1.807) is 13.3 Å². The minimum Gasteiger partial charge on any atom is -0.497 e. The first-order valence-corrected chi connectivity index (χ1v) is 7.73. The second-order valence-corrected chi connectivity index (χ2v) is 5.36. The summed E-state index contributed by atoms with van der Waals surface area (Å²) in [7, 11) is 1.63. The van der Waals surface area contributed by atoms with Crippen LogP contribution in [0.4, 0.5) is 5.69 Å². The molecule has 3 rings (SSSR count). The fraction of sp³-hybridized carbons (Fsp3) is 0.158. The zero-order valence-corrected chi connectivity index (χ0v) is 13.5. The Morgan fingerprint density at radius 3 is 2.67 bits per heavy atom. The van der Waals surface area contributed by atoms with Crippen LogP contribution in [0.2, 0.25) is 0 Å². The summed E-state index contributed by atoms with van der Waals surface area (Å²) < 4.78 is 5.11. The summed E-state index contributed by atoms with van der Waals surface area (Å²) in [5.74, 6) is 0.731. The van der Waals surface area contributed by atoms with Gasteiger partial charge < -0.3 is 15.4 Å². The van der Waals surface area contributed by atoms with Gasteiger partial charge in [0.05, 0.1) is 24.9 Å². The molecule has 3 aromatic rings. The van der Waals surface area contributed by atoms with Gasteiger partial charge >= 0.3 is 0 Å². The highest BCUT2D eigenvalue weighted by atomic mass is 16.5. The van der Waals surface area contributed by atoms with Crippen LogP contribution in [0, 0.1) is 0 Å². The highest BCUT2D eigenvalue weighted by molar-refractivity contribution is 5.92. The minimum absolute atomic E-state index is 0.0706. The quantitative estimate of drug-likeness (QED) is 0.733. The molecule has 5 nitrogen and oxygen atoms in total. The monoisotopic (exact) mass is 321 g/mol. The van der Waals surface area contributed by atoms with Gasteiger partial charge in [-0.2, -0.15) is 0 Å². The van der Waals surface area contributed by atoms with Gasteiger partial charge in [0, 0.05) is 18.1 Å². The number of aromatic nitrogens is 1. The maximum absolute atomic E-state index is 12.0. The molecule has 0 aliphatic rings. The van der Waals surface area contributed by atoms with Crippen molar-refractivity contribution in [3.8, 4) is 5.75 Å². The third-order valence-corrected chi connectivity index (χ3v) is 3.72. The summed E-state index contributed by atoms with van der Waals surface area (Å²) in [5.41, 5.74) is 2.74. The number of carbonyl (C=O) groups excluding carboxylic acids is 1. The molecule has 0 spiro atoms. The van der Waals surface area contributed by atoms with E-state index in [0.29, 0.717) is 6.54 Å². The fourth-order valence-corrected chi connectivity index (χ4v) is 2.43. The fourth-order valence-electron chi connectivity index (χ4n) is 2.43. The standard InChI is InChI=1S/C19H19N3O2/c1-24-16-9-7-14(8-10-16)12-22-18(23)13-21-17-6-2-4-15-5-3-11-20-19(15)17/h2-11,21H,12-13H2,1H3,(H,22,23). The lowest BCUT2D eigenvalue weighted by atomic mass is 10.2. The first kappa shape index (κ1) is 15.8. The molecule has 24 heavy (non-hydrogen) atoms. The SMILES string of the molecule is COc1ccc(CNC(=O)CNc2cccc3cccnc23)cc1. The number of pyridine rings is 1. The van der Waals surface area contributed by atoms with Crippen LogP contribution < -0.4 is 15.4 Å². The highest BCUT2D eigenvalue weighted by Gasteiger charge is 2.05. The summed E-state index contributed by atoms with van der Waals surface area (Å²) in [6.07, 6.45) is 1.75. The molecule has 0 saturated heterocycles. The summed E-state index contributed by atoms with van der Waals surface area (Å²) in [5, 5.41) is 7.08. The van der Waals surface area contributed by atoms with Crippen LogP contribution in [0.1, 0.15) is 5.56 Å². The van der Waals surface area contributed by atoms with E-state index in [0.717, 1.165) is 27.9 Å². The largest absolute Gasteiger partial charge is 0.497 e. The van der Waals surface area contributed by atoms with Gasteiger partial charge in [-0.25, -0.2) is 0 Å². The van der Waals surface area contributed by atoms with Crippen LogP contribution in [-0.4, -0.2) is 24.5 Å². The van der Waals surface area contributed by atoms with E-state index >= 15 is 0 Å². The van der Waals surface area contributed by atoms with Crippen molar-refractivity contribution in [1.29, 1.82) is 0 Å². The van der Waals surface area contributed by atoms with E-state index in [2.05, 4.69) is 15.6 Å². The molecule has 122 valence electrons. The molecule has 0 bridgehead atoms. The highest BCUT2D eigenvalue weighted by Crippen LogP contribution is 2.20. The number of hydrogen-bond donors (Lipinski definition) is 2. The molecule has 1 amide bonds. The Kier molecular flexibility index (Phi) is 4.91. The topological polar surface area (TPSA) is 63.2 Å². The van der Waals surface area contributed by atoms with E-state index < -0.39 is 0 Å². The molecule has 2 N–H and O–H groups in total. The van der Waals surface area contributed by atoms with E-state index in [1.165, 1.54) is 0 Å². The second-order valence-electron chi connectivity index (χ2n) is 5.36. The average Bonchev–Trinajstić information content (AvgIpc) is 2.65. The van der Waals surface area contributed by atoms with Crippen LogP contribution in [0.15, 0.2) is 60.8 Å². The molecule has 0 aliphatic heterocycles. The number of hydrogen-bond acceptors (Lipinski definition) is 4. The summed E-state index contributed by atoms with van der Waals surface area (Å²) in [4.78, 5) is 16.4. The van der Waals surface area contributed by atoms with Gasteiger partial charge in [0.25, 0.3) is 0 Å². The van der Waals surface area contributed by atoms with Crippen molar-refractivity contribution in [2.75, 3.05) is 19.0 Å². The number of nitrogens with one attached hydrogen (secondary N) is 2. The zero-order chi connectivity index (χ0) is 16.8. The lowest BCUT2D eigenvalue weighted by Gasteiger charge is -2.10. The van der Waals surface area contributed by atoms with E-state index in [4.69, 9.17) is 4.74 Å². The Morgan fingerprint density at radius 1 is 1.08 bits per heavy atom. The Morgan fingerprint density at radius 2 is 1.88 bits per heavy atom. The van der Waals surface area contributed by atoms with Crippen LogP contribution in [-0.2, 0) is 11.3 Å². The maximum atomic E-state index is 12.0. The molecule has 1 heterocycles. The number of para-hydroxylation sites is 1. The normalized spacial score (nSPS) is 10.4. The van der Waals surface area contributed by atoms with Crippen LogP contribution in [0.3, 0.4) is 0 Å². The summed E-state index contributed by atoms with van der Waals surface area (Å²) >= 11 is 0. The number of nitrogens with zero attached hydrogens (tertiary/aromatic N) is 1. The van der Waals surface area contributed by atoms with Crippen molar-refractivity contribution in [2.45, 2.75) is 6.54 Å². The van der Waals surface area contributed by atoms with Crippen molar-refractivity contribution in [3.63, 3.8) is 0 Å². The van der Waals surface area contributed by atoms with E-state index in [9.17, 15) is 4.79 Å². The molecule has 2 aromatic carbocycles. The molecule has 0 aliphatic carbocycles.